The second-order valence-corrected chi connectivity index (χ2v) is 4.76. The van der Waals surface area contributed by atoms with Crippen LogP contribution in [0.5, 0.6) is 0 Å². The lowest BCUT2D eigenvalue weighted by Gasteiger charge is -2.12. The molecule has 6 heteroatoms. The normalized spacial score (nSPS) is 11.7. The molecule has 0 fully saturated rings. The number of aliphatic carboxylic acids is 1. The van der Waals surface area contributed by atoms with Crippen LogP contribution in [0.4, 0.5) is 5.69 Å². The number of hydrogen-bond acceptors (Lipinski definition) is 3. The molecule has 0 spiro atoms. The summed E-state index contributed by atoms with van der Waals surface area (Å²) < 4.78 is 0. The zero-order chi connectivity index (χ0) is 15.8. The van der Waals surface area contributed by atoms with Gasteiger partial charge in [-0.3, -0.25) is 9.59 Å². The molecule has 0 aromatic heterocycles. The molecule has 21 heavy (non-hydrogen) atoms. The minimum Gasteiger partial charge on any atom is -0.481 e. The average Bonchev–Trinajstić information content (AvgIpc) is 2.43. The predicted octanol–water partition coefficient (Wildman–Crippen LogP) is 2.60. The first kappa shape index (κ1) is 16.7. The number of para-hydroxylation sites is 1. The van der Waals surface area contributed by atoms with Crippen molar-refractivity contribution in [3.05, 3.63) is 29.8 Å². The summed E-state index contributed by atoms with van der Waals surface area (Å²) in [6.45, 7) is 1.89. The molecule has 1 rings (SSSR count). The molecule has 0 bridgehead atoms. The quantitative estimate of drug-likeness (QED) is 0.683. The van der Waals surface area contributed by atoms with E-state index in [1.165, 1.54) is 12.1 Å². The Kier molecular flexibility index (Phi) is 6.39. The van der Waals surface area contributed by atoms with Crippen LogP contribution in [0.1, 0.15) is 43.0 Å². The van der Waals surface area contributed by atoms with E-state index in [-0.39, 0.29) is 30.0 Å². The van der Waals surface area contributed by atoms with Crippen LogP contribution in [0.2, 0.25) is 0 Å². The van der Waals surface area contributed by atoms with Crippen molar-refractivity contribution in [1.29, 1.82) is 0 Å². The molecule has 0 unspecified atom stereocenters. The Morgan fingerprint density at radius 2 is 1.81 bits per heavy atom. The molecule has 3 N–H and O–H groups in total. The van der Waals surface area contributed by atoms with E-state index >= 15 is 0 Å². The van der Waals surface area contributed by atoms with Crippen molar-refractivity contribution in [3.8, 4) is 0 Å². The topological polar surface area (TPSA) is 104 Å². The first-order valence-corrected chi connectivity index (χ1v) is 6.80. The van der Waals surface area contributed by atoms with Crippen molar-refractivity contribution in [2.24, 2.45) is 5.92 Å². The summed E-state index contributed by atoms with van der Waals surface area (Å²) in [5.74, 6) is -2.96. The fourth-order valence-electron chi connectivity index (χ4n) is 2.04. The number of rotatable bonds is 8. The number of carboxylic acid groups (broad SMARTS) is 2. The Labute approximate surface area is 122 Å². The first-order valence-electron chi connectivity index (χ1n) is 6.80. The smallest absolute Gasteiger partial charge is 0.337 e. The van der Waals surface area contributed by atoms with Crippen molar-refractivity contribution in [3.63, 3.8) is 0 Å². The molecular weight excluding hydrogens is 274 g/mol. The fraction of sp³-hybridized carbons (Fsp3) is 0.400. The number of carbonyl (C=O) groups excluding carboxylic acids is 1. The molecule has 114 valence electrons. The van der Waals surface area contributed by atoms with Gasteiger partial charge in [-0.25, -0.2) is 4.79 Å². The van der Waals surface area contributed by atoms with Gasteiger partial charge < -0.3 is 15.5 Å². The number of hydrogen-bond donors (Lipinski definition) is 3. The highest BCUT2D eigenvalue weighted by Gasteiger charge is 2.18. The predicted molar refractivity (Wildman–Crippen MR) is 77.3 cm³/mol. The summed E-state index contributed by atoms with van der Waals surface area (Å²) >= 11 is 0. The summed E-state index contributed by atoms with van der Waals surface area (Å²) in [6.07, 6.45) is 1.55. The zero-order valence-corrected chi connectivity index (χ0v) is 11.8. The van der Waals surface area contributed by atoms with Gasteiger partial charge in [-0.15, -0.1) is 0 Å². The molecule has 0 radical (unpaired) electrons. The Bertz CT molecular complexity index is 527. The first-order chi connectivity index (χ1) is 9.95. The van der Waals surface area contributed by atoms with Gasteiger partial charge in [0.2, 0.25) is 5.91 Å². The molecule has 6 nitrogen and oxygen atoms in total. The van der Waals surface area contributed by atoms with Crippen LogP contribution in [0.25, 0.3) is 0 Å². The summed E-state index contributed by atoms with van der Waals surface area (Å²) in [6, 6.07) is 6.09. The van der Waals surface area contributed by atoms with Gasteiger partial charge in [-0.05, 0) is 25.0 Å². The second-order valence-electron chi connectivity index (χ2n) is 4.76. The average molecular weight is 293 g/mol. The maximum absolute atomic E-state index is 11.8. The lowest BCUT2D eigenvalue weighted by atomic mass is 9.98. The summed E-state index contributed by atoms with van der Waals surface area (Å²) in [5, 5.41) is 20.5. The fourth-order valence-corrected chi connectivity index (χ4v) is 2.04. The molecule has 0 saturated heterocycles. The van der Waals surface area contributed by atoms with Crippen LogP contribution in [0.3, 0.4) is 0 Å². The standard InChI is InChI=1S/C15H19NO5/c1-2-5-10(14(18)19)8-9-13(17)16-12-7-4-3-6-11(12)15(20)21/h3-4,6-7,10H,2,5,8-9H2,1H3,(H,16,17)(H,18,19)(H,20,21)/t10-/m1/s1. The molecule has 0 aliphatic carbocycles. The van der Waals surface area contributed by atoms with Gasteiger partial charge in [0.05, 0.1) is 17.2 Å². The van der Waals surface area contributed by atoms with E-state index in [2.05, 4.69) is 5.32 Å². The van der Waals surface area contributed by atoms with Gasteiger partial charge >= 0.3 is 11.9 Å². The molecule has 0 aliphatic heterocycles. The third kappa shape index (κ3) is 5.25. The number of nitrogens with one attached hydrogen (secondary N) is 1. The van der Waals surface area contributed by atoms with E-state index in [9.17, 15) is 14.4 Å². The number of benzene rings is 1. The Hall–Kier alpha value is -2.37. The molecule has 0 saturated carbocycles. The van der Waals surface area contributed by atoms with E-state index in [1.807, 2.05) is 6.92 Å². The van der Waals surface area contributed by atoms with Crippen molar-refractivity contribution in [2.75, 3.05) is 5.32 Å². The van der Waals surface area contributed by atoms with Crippen LogP contribution >= 0.6 is 0 Å². The highest BCUT2D eigenvalue weighted by atomic mass is 16.4. The molecule has 0 aliphatic rings. The highest BCUT2D eigenvalue weighted by molar-refractivity contribution is 6.00. The van der Waals surface area contributed by atoms with Crippen molar-refractivity contribution >= 4 is 23.5 Å². The van der Waals surface area contributed by atoms with Gasteiger partial charge in [0, 0.05) is 6.42 Å². The number of amides is 1. The summed E-state index contributed by atoms with van der Waals surface area (Å²) in [4.78, 5) is 33.8. The molecule has 1 amide bonds. The van der Waals surface area contributed by atoms with Gasteiger partial charge in [0.1, 0.15) is 0 Å². The van der Waals surface area contributed by atoms with Crippen molar-refractivity contribution < 1.29 is 24.6 Å². The van der Waals surface area contributed by atoms with Gasteiger partial charge in [0.15, 0.2) is 0 Å². The highest BCUT2D eigenvalue weighted by Crippen LogP contribution is 2.17. The monoisotopic (exact) mass is 293 g/mol. The van der Waals surface area contributed by atoms with E-state index in [1.54, 1.807) is 12.1 Å². The maximum atomic E-state index is 11.8. The van der Waals surface area contributed by atoms with E-state index in [0.29, 0.717) is 6.42 Å². The lowest BCUT2D eigenvalue weighted by molar-refractivity contribution is -0.142. The maximum Gasteiger partial charge on any atom is 0.337 e. The molecule has 1 aromatic carbocycles. The summed E-state index contributed by atoms with van der Waals surface area (Å²) in [7, 11) is 0. The van der Waals surface area contributed by atoms with Crippen LogP contribution in [0, 0.1) is 5.92 Å². The summed E-state index contributed by atoms with van der Waals surface area (Å²) in [5.41, 5.74) is 0.228. The largest absolute Gasteiger partial charge is 0.481 e. The second kappa shape index (κ2) is 8.04. The Balaban J connectivity index is 2.62. The van der Waals surface area contributed by atoms with Crippen molar-refractivity contribution in [1.82, 2.24) is 0 Å². The zero-order valence-electron chi connectivity index (χ0n) is 11.8. The van der Waals surface area contributed by atoms with Crippen LogP contribution in [-0.2, 0) is 9.59 Å². The van der Waals surface area contributed by atoms with E-state index < -0.39 is 17.9 Å². The van der Waals surface area contributed by atoms with Crippen LogP contribution in [-0.4, -0.2) is 28.1 Å². The number of carbonyl (C=O) groups is 3. The number of aromatic carboxylic acids is 1. The minimum absolute atomic E-state index is 0.00851. The Morgan fingerprint density at radius 1 is 1.14 bits per heavy atom. The molecular formula is C15H19NO5. The molecule has 1 aromatic rings. The van der Waals surface area contributed by atoms with E-state index in [4.69, 9.17) is 10.2 Å². The van der Waals surface area contributed by atoms with Crippen LogP contribution in [0.15, 0.2) is 24.3 Å². The van der Waals surface area contributed by atoms with Gasteiger partial charge in [0.25, 0.3) is 0 Å². The number of anilines is 1. The van der Waals surface area contributed by atoms with Crippen LogP contribution < -0.4 is 5.32 Å². The number of carboxylic acids is 2. The van der Waals surface area contributed by atoms with Gasteiger partial charge in [-0.2, -0.15) is 0 Å². The lowest BCUT2D eigenvalue weighted by Crippen LogP contribution is -2.19. The molecule has 0 heterocycles. The Morgan fingerprint density at radius 3 is 2.38 bits per heavy atom. The SMILES string of the molecule is CCC[C@H](CCC(=O)Nc1ccccc1C(=O)O)C(=O)O. The van der Waals surface area contributed by atoms with E-state index in [0.717, 1.165) is 6.42 Å². The van der Waals surface area contributed by atoms with Crippen molar-refractivity contribution in [2.45, 2.75) is 32.6 Å². The minimum atomic E-state index is -1.12. The third-order valence-corrected chi connectivity index (χ3v) is 3.14. The molecule has 1 atom stereocenters. The third-order valence-electron chi connectivity index (χ3n) is 3.14. The van der Waals surface area contributed by atoms with Gasteiger partial charge in [-0.1, -0.05) is 25.5 Å².